The quantitative estimate of drug-likeness (QED) is 0.168. The highest BCUT2D eigenvalue weighted by Crippen LogP contribution is 2.37. The molecule has 0 aliphatic rings. The molecule has 0 atom stereocenters. The van der Waals surface area contributed by atoms with Gasteiger partial charge in [0.15, 0.2) is 5.69 Å². The topological polar surface area (TPSA) is 74.5 Å². The normalized spacial score (nSPS) is 11.1. The van der Waals surface area contributed by atoms with E-state index in [1.54, 1.807) is 31.3 Å². The van der Waals surface area contributed by atoms with E-state index < -0.39 is 5.97 Å². The summed E-state index contributed by atoms with van der Waals surface area (Å²) < 4.78 is 17.0. The second-order valence-corrected chi connectivity index (χ2v) is 9.72. The van der Waals surface area contributed by atoms with Crippen molar-refractivity contribution < 1.29 is 18.8 Å². The highest BCUT2D eigenvalue weighted by molar-refractivity contribution is 6.39. The van der Waals surface area contributed by atoms with Gasteiger partial charge in [-0.3, -0.25) is 0 Å². The minimum Gasteiger partial charge on any atom is -0.489 e. The third-order valence-corrected chi connectivity index (χ3v) is 6.98. The van der Waals surface area contributed by atoms with E-state index >= 15 is 0 Å². The summed E-state index contributed by atoms with van der Waals surface area (Å²) in [6.07, 6.45) is 3.24. The first kappa shape index (κ1) is 26.7. The largest absolute Gasteiger partial charge is 0.489 e. The van der Waals surface area contributed by atoms with Gasteiger partial charge in [0.25, 0.3) is 0 Å². The summed E-state index contributed by atoms with van der Waals surface area (Å²) in [4.78, 5) is 16.5. The second kappa shape index (κ2) is 11.9. The fourth-order valence-electron chi connectivity index (χ4n) is 4.45. The third-order valence-electron chi connectivity index (χ3n) is 6.35. The molecule has 6 nitrogen and oxygen atoms in total. The summed E-state index contributed by atoms with van der Waals surface area (Å²) in [7, 11) is 0. The molecule has 2 heterocycles. The molecule has 5 rings (SSSR count). The third kappa shape index (κ3) is 5.63. The van der Waals surface area contributed by atoms with Crippen molar-refractivity contribution in [3.05, 3.63) is 100.0 Å². The molecule has 39 heavy (non-hydrogen) atoms. The molecular weight excluding hydrogens is 535 g/mol. The number of aromatic nitrogens is 2. The van der Waals surface area contributed by atoms with Crippen LogP contribution >= 0.6 is 23.2 Å². The van der Waals surface area contributed by atoms with E-state index in [2.05, 4.69) is 17.1 Å². The minimum absolute atomic E-state index is 0.259. The summed E-state index contributed by atoms with van der Waals surface area (Å²) in [5, 5.41) is 6.96. The number of ether oxygens (including phenoxy) is 2. The van der Waals surface area contributed by atoms with E-state index in [-0.39, 0.29) is 6.61 Å². The van der Waals surface area contributed by atoms with Crippen molar-refractivity contribution in [3.63, 3.8) is 0 Å². The van der Waals surface area contributed by atoms with Crippen LogP contribution in [0.15, 0.2) is 77.4 Å². The van der Waals surface area contributed by atoms with Gasteiger partial charge >= 0.3 is 5.97 Å². The fourth-order valence-corrected chi connectivity index (χ4v) is 5.03. The van der Waals surface area contributed by atoms with Crippen molar-refractivity contribution >= 4 is 39.9 Å². The lowest BCUT2D eigenvalue weighted by Crippen LogP contribution is -2.07. The van der Waals surface area contributed by atoms with E-state index in [1.165, 1.54) is 0 Å². The van der Waals surface area contributed by atoms with E-state index in [0.29, 0.717) is 39.4 Å². The molecule has 0 saturated carbocycles. The van der Waals surface area contributed by atoms with E-state index in [1.807, 2.05) is 48.5 Å². The van der Waals surface area contributed by atoms with Gasteiger partial charge in [0, 0.05) is 23.6 Å². The maximum Gasteiger partial charge on any atom is 0.357 e. The Morgan fingerprint density at radius 1 is 0.949 bits per heavy atom. The number of aryl methyl sites for hydroxylation is 1. The zero-order valence-corrected chi connectivity index (χ0v) is 23.1. The van der Waals surface area contributed by atoms with Crippen LogP contribution in [-0.2, 0) is 17.8 Å². The average molecular weight is 561 g/mol. The van der Waals surface area contributed by atoms with Crippen molar-refractivity contribution in [1.29, 1.82) is 0 Å². The Labute approximate surface area is 236 Å². The molecule has 198 valence electrons. The number of halogens is 2. The van der Waals surface area contributed by atoms with Crippen LogP contribution in [0.5, 0.6) is 5.75 Å². The van der Waals surface area contributed by atoms with Gasteiger partial charge in [-0.05, 0) is 66.3 Å². The Morgan fingerprint density at radius 3 is 2.41 bits per heavy atom. The van der Waals surface area contributed by atoms with Crippen LogP contribution in [0.4, 0.5) is 0 Å². The number of carbonyl (C=O) groups excluding carboxylic acids is 1. The average Bonchev–Trinajstić information content (AvgIpc) is 3.33. The van der Waals surface area contributed by atoms with Gasteiger partial charge in [-0.2, -0.15) is 0 Å². The van der Waals surface area contributed by atoms with E-state index in [0.717, 1.165) is 46.1 Å². The van der Waals surface area contributed by atoms with E-state index in [9.17, 15) is 4.79 Å². The fraction of sp³-hybridized carbons (Fsp3) is 0.194. The van der Waals surface area contributed by atoms with Gasteiger partial charge in [0.05, 0.1) is 22.2 Å². The van der Waals surface area contributed by atoms with Crippen molar-refractivity contribution in [1.82, 2.24) is 10.1 Å². The summed E-state index contributed by atoms with van der Waals surface area (Å²) in [5.74, 6) is 1.04. The van der Waals surface area contributed by atoms with Crippen LogP contribution in [0.3, 0.4) is 0 Å². The molecule has 0 fully saturated rings. The maximum absolute atomic E-state index is 12.3. The number of benzene rings is 3. The first-order valence-corrected chi connectivity index (χ1v) is 13.5. The van der Waals surface area contributed by atoms with Crippen molar-refractivity contribution in [2.24, 2.45) is 0 Å². The molecule has 0 aliphatic carbocycles. The molecule has 0 aliphatic heterocycles. The van der Waals surface area contributed by atoms with Crippen LogP contribution in [0.2, 0.25) is 10.0 Å². The first-order valence-electron chi connectivity index (χ1n) is 12.7. The van der Waals surface area contributed by atoms with E-state index in [4.69, 9.17) is 37.2 Å². The number of pyridine rings is 1. The number of hydrogen-bond donors (Lipinski definition) is 0. The Hall–Kier alpha value is -3.87. The zero-order valence-electron chi connectivity index (χ0n) is 21.5. The highest BCUT2D eigenvalue weighted by atomic mass is 35.5. The number of rotatable bonds is 9. The molecule has 0 radical (unpaired) electrons. The van der Waals surface area contributed by atoms with Crippen LogP contribution in [0.1, 0.15) is 42.1 Å². The Kier molecular flexibility index (Phi) is 8.15. The number of hydrogen-bond acceptors (Lipinski definition) is 6. The number of nitrogens with zero attached hydrogens (tertiary/aromatic N) is 2. The molecule has 0 N–H and O–H groups in total. The molecule has 5 aromatic rings. The first-order chi connectivity index (χ1) is 19.0. The SMILES string of the molecule is CCCc1onc(-c2c(Cl)cccc2Cl)c1COc1ccc(-c2ccc3c(C(=O)OCC)nccc3c2)cc1. The van der Waals surface area contributed by atoms with Crippen molar-refractivity contribution in [2.45, 2.75) is 33.3 Å². The highest BCUT2D eigenvalue weighted by Gasteiger charge is 2.22. The molecule has 0 unspecified atom stereocenters. The predicted octanol–water partition coefficient (Wildman–Crippen LogP) is 8.57. The number of carbonyl (C=O) groups is 1. The molecule has 8 heteroatoms. The zero-order chi connectivity index (χ0) is 27.4. The van der Waals surface area contributed by atoms with Crippen molar-refractivity contribution in [2.75, 3.05) is 6.61 Å². The minimum atomic E-state index is -0.424. The van der Waals surface area contributed by atoms with Gasteiger partial charge < -0.3 is 14.0 Å². The van der Waals surface area contributed by atoms with Crippen molar-refractivity contribution in [3.8, 4) is 28.1 Å². The summed E-state index contributed by atoms with van der Waals surface area (Å²) in [6, 6.07) is 21.0. The predicted molar refractivity (Wildman–Crippen MR) is 153 cm³/mol. The smallest absolute Gasteiger partial charge is 0.357 e. The van der Waals surface area contributed by atoms with Crippen LogP contribution in [-0.4, -0.2) is 22.7 Å². The monoisotopic (exact) mass is 560 g/mol. The molecule has 2 aromatic heterocycles. The second-order valence-electron chi connectivity index (χ2n) is 8.91. The van der Waals surface area contributed by atoms with Crippen LogP contribution in [0, 0.1) is 0 Å². The lowest BCUT2D eigenvalue weighted by molar-refractivity contribution is 0.0522. The van der Waals surface area contributed by atoms with Gasteiger partial charge in [0.2, 0.25) is 0 Å². The Morgan fingerprint density at radius 2 is 1.69 bits per heavy atom. The maximum atomic E-state index is 12.3. The van der Waals surface area contributed by atoms with Gasteiger partial charge in [-0.1, -0.05) is 65.6 Å². The standard InChI is InChI=1S/C31H26Cl2N2O4/c1-3-6-27-24(29(35-39-27)28-25(32)7-5-8-26(28)33)18-38-22-12-9-19(10-13-22)20-11-14-23-21(17-20)15-16-34-30(23)31(36)37-4-2/h5,7-17H,3-4,6,18H2,1-2H3. The summed E-state index contributed by atoms with van der Waals surface area (Å²) >= 11 is 12.9. The summed E-state index contributed by atoms with van der Waals surface area (Å²) in [6.45, 7) is 4.41. The van der Waals surface area contributed by atoms with Gasteiger partial charge in [-0.25, -0.2) is 9.78 Å². The molecule has 0 amide bonds. The van der Waals surface area contributed by atoms with Crippen LogP contribution < -0.4 is 4.74 Å². The van der Waals surface area contributed by atoms with Crippen LogP contribution in [0.25, 0.3) is 33.2 Å². The molecule has 0 spiro atoms. The molecule has 0 bridgehead atoms. The number of fused-ring (bicyclic) bond motifs is 1. The summed E-state index contributed by atoms with van der Waals surface area (Å²) in [5.41, 5.74) is 4.40. The molecular formula is C31H26Cl2N2O4. The Bertz CT molecular complexity index is 1610. The lowest BCUT2D eigenvalue weighted by Gasteiger charge is -2.11. The Balaban J connectivity index is 1.37. The molecule has 3 aromatic carbocycles. The van der Waals surface area contributed by atoms with Gasteiger partial charge in [0.1, 0.15) is 23.8 Å². The van der Waals surface area contributed by atoms with Gasteiger partial charge in [-0.15, -0.1) is 0 Å². The molecule has 0 saturated heterocycles. The number of esters is 1. The lowest BCUT2D eigenvalue weighted by atomic mass is 10.0.